The van der Waals surface area contributed by atoms with E-state index in [4.69, 9.17) is 4.84 Å². The highest BCUT2D eigenvalue weighted by atomic mass is 16.6. The lowest BCUT2D eigenvalue weighted by Crippen LogP contribution is -2.12. The zero-order chi connectivity index (χ0) is 17.5. The second-order valence-corrected chi connectivity index (χ2v) is 5.11. The highest BCUT2D eigenvalue weighted by Crippen LogP contribution is 2.09. The lowest BCUT2D eigenvalue weighted by Gasteiger charge is -2.06. The maximum absolute atomic E-state index is 10.3. The van der Waals surface area contributed by atoms with Gasteiger partial charge in [-0.05, 0) is 22.6 Å². The quantitative estimate of drug-likeness (QED) is 0.370. The van der Waals surface area contributed by atoms with Crippen molar-refractivity contribution in [3.63, 3.8) is 0 Å². The van der Waals surface area contributed by atoms with Crippen LogP contribution in [0.1, 0.15) is 22.8 Å². The number of aromatic nitrogens is 5. The van der Waals surface area contributed by atoms with Gasteiger partial charge in [0.05, 0.1) is 11.4 Å². The number of pyridine rings is 1. The van der Waals surface area contributed by atoms with Crippen molar-refractivity contribution in [2.75, 3.05) is 0 Å². The Kier molecular flexibility index (Phi) is 5.15. The van der Waals surface area contributed by atoms with Crippen molar-refractivity contribution >= 4 is 5.71 Å². The van der Waals surface area contributed by atoms with Gasteiger partial charge in [-0.2, -0.15) is 4.91 Å². The van der Waals surface area contributed by atoms with Crippen LogP contribution in [0.4, 0.5) is 0 Å². The molecule has 0 unspecified atom stereocenters. The first-order chi connectivity index (χ1) is 12.3. The summed E-state index contributed by atoms with van der Waals surface area (Å²) in [5.41, 5.74) is 2.57. The third-order valence-electron chi connectivity index (χ3n) is 3.34. The molecule has 0 aliphatic carbocycles. The average molecular weight is 337 g/mol. The zero-order valence-electron chi connectivity index (χ0n) is 13.5. The van der Waals surface area contributed by atoms with E-state index in [9.17, 15) is 4.91 Å². The summed E-state index contributed by atoms with van der Waals surface area (Å²) >= 11 is 0. The Labute approximate surface area is 143 Å². The van der Waals surface area contributed by atoms with E-state index in [1.165, 1.54) is 4.68 Å². The average Bonchev–Trinajstić information content (AvgIpc) is 3.06. The van der Waals surface area contributed by atoms with Gasteiger partial charge in [-0.15, -0.1) is 5.10 Å². The molecule has 0 atom stereocenters. The number of aryl methyl sites for hydroxylation is 1. The van der Waals surface area contributed by atoms with E-state index in [-0.39, 0.29) is 13.2 Å². The Morgan fingerprint density at radius 1 is 1.12 bits per heavy atom. The molecule has 126 valence electrons. The van der Waals surface area contributed by atoms with Gasteiger partial charge >= 0.3 is 0 Å². The molecule has 2 aromatic heterocycles. The number of nitrogens with zero attached hydrogens (tertiary/aromatic N) is 7. The molecule has 0 bridgehead atoms. The van der Waals surface area contributed by atoms with Crippen LogP contribution in [-0.2, 0) is 25.0 Å². The van der Waals surface area contributed by atoms with Gasteiger partial charge in [-0.25, -0.2) is 4.68 Å². The summed E-state index contributed by atoms with van der Waals surface area (Å²) in [5, 5.41) is 18.5. The van der Waals surface area contributed by atoms with Crippen LogP contribution in [0.3, 0.4) is 0 Å². The molecule has 25 heavy (non-hydrogen) atoms. The van der Waals surface area contributed by atoms with E-state index >= 15 is 0 Å². The van der Waals surface area contributed by atoms with Gasteiger partial charge in [0.1, 0.15) is 6.54 Å². The largest absolute Gasteiger partial charge is 0.389 e. The summed E-state index contributed by atoms with van der Waals surface area (Å²) < 4.78 is 1.52. The van der Waals surface area contributed by atoms with Gasteiger partial charge in [0.15, 0.2) is 12.3 Å². The highest BCUT2D eigenvalue weighted by Gasteiger charge is 2.14. The normalized spacial score (nSPS) is 11.3. The number of oxime groups is 1. The van der Waals surface area contributed by atoms with Gasteiger partial charge in [0.2, 0.25) is 5.82 Å². The molecule has 0 amide bonds. The van der Waals surface area contributed by atoms with Gasteiger partial charge in [0, 0.05) is 12.6 Å². The third-order valence-corrected chi connectivity index (χ3v) is 3.34. The molecule has 0 aliphatic heterocycles. The van der Waals surface area contributed by atoms with Gasteiger partial charge in [0.25, 0.3) is 0 Å². The van der Waals surface area contributed by atoms with Crippen molar-refractivity contribution in [3.8, 4) is 0 Å². The van der Waals surface area contributed by atoms with Crippen molar-refractivity contribution in [1.29, 1.82) is 0 Å². The summed E-state index contributed by atoms with van der Waals surface area (Å²) in [6.45, 7) is 0.172. The second-order valence-electron chi connectivity index (χ2n) is 5.11. The standard InChI is InChI=1S/C16H15N7O2/c1-23-16(19-21-22-23)15(12-6-3-2-4-7-12)20-25-11-14-9-5-8-13(18-14)10-17-24/h2-9H,10-11H2,1H3. The molecule has 1 aromatic carbocycles. The lowest BCUT2D eigenvalue weighted by atomic mass is 10.1. The lowest BCUT2D eigenvalue weighted by molar-refractivity contribution is 0.127. The van der Waals surface area contributed by atoms with Crippen LogP contribution in [0.2, 0.25) is 0 Å². The number of hydrogen-bond donors (Lipinski definition) is 0. The minimum atomic E-state index is 0.0248. The minimum Gasteiger partial charge on any atom is -0.389 e. The van der Waals surface area contributed by atoms with Crippen molar-refractivity contribution < 1.29 is 4.84 Å². The molecule has 9 heteroatoms. The predicted octanol–water partition coefficient (Wildman–Crippen LogP) is 1.84. The molecular weight excluding hydrogens is 322 g/mol. The van der Waals surface area contributed by atoms with Crippen LogP contribution >= 0.6 is 0 Å². The van der Waals surface area contributed by atoms with E-state index in [2.05, 4.69) is 30.8 Å². The zero-order valence-corrected chi connectivity index (χ0v) is 13.5. The summed E-state index contributed by atoms with van der Waals surface area (Å²) in [5.74, 6) is 0.484. The number of nitroso groups, excluding NO2 is 1. The fraction of sp³-hybridized carbons (Fsp3) is 0.188. The van der Waals surface area contributed by atoms with E-state index in [1.807, 2.05) is 30.3 Å². The smallest absolute Gasteiger partial charge is 0.204 e. The molecule has 3 rings (SSSR count). The Hall–Kier alpha value is -3.49. The molecule has 9 nitrogen and oxygen atoms in total. The molecule has 3 aromatic rings. The first-order valence-corrected chi connectivity index (χ1v) is 7.50. The van der Waals surface area contributed by atoms with Crippen LogP contribution < -0.4 is 0 Å². The fourth-order valence-corrected chi connectivity index (χ4v) is 2.18. The second kappa shape index (κ2) is 7.86. The Morgan fingerprint density at radius 3 is 2.64 bits per heavy atom. The van der Waals surface area contributed by atoms with E-state index < -0.39 is 0 Å². The maximum atomic E-state index is 10.3. The van der Waals surface area contributed by atoms with Crippen molar-refractivity contribution in [1.82, 2.24) is 25.2 Å². The molecule has 0 N–H and O–H groups in total. The summed E-state index contributed by atoms with van der Waals surface area (Å²) in [6.07, 6.45) is 0. The van der Waals surface area contributed by atoms with Crippen LogP contribution in [-0.4, -0.2) is 30.9 Å². The van der Waals surface area contributed by atoms with Crippen molar-refractivity contribution in [2.45, 2.75) is 13.2 Å². The fourth-order valence-electron chi connectivity index (χ4n) is 2.18. The van der Waals surface area contributed by atoms with Gasteiger partial charge in [-0.1, -0.05) is 46.7 Å². The van der Waals surface area contributed by atoms with Gasteiger partial charge < -0.3 is 4.84 Å². The minimum absolute atomic E-state index is 0.0248. The topological polar surface area (TPSA) is 108 Å². The molecular formula is C16H15N7O2. The van der Waals surface area contributed by atoms with Crippen molar-refractivity contribution in [2.24, 2.45) is 17.4 Å². The summed E-state index contributed by atoms with van der Waals surface area (Å²) in [4.78, 5) is 20.1. The molecule has 0 saturated carbocycles. The van der Waals surface area contributed by atoms with Crippen LogP contribution in [0, 0.1) is 4.91 Å². The maximum Gasteiger partial charge on any atom is 0.204 e. The highest BCUT2D eigenvalue weighted by molar-refractivity contribution is 6.10. The van der Waals surface area contributed by atoms with E-state index in [0.717, 1.165) is 5.56 Å². The molecule has 0 saturated heterocycles. The first-order valence-electron chi connectivity index (χ1n) is 7.50. The number of hydrogen-bond acceptors (Lipinski definition) is 8. The van der Waals surface area contributed by atoms with Crippen LogP contribution in [0.25, 0.3) is 0 Å². The number of benzene rings is 1. The summed E-state index contributed by atoms with van der Waals surface area (Å²) in [7, 11) is 1.73. The Morgan fingerprint density at radius 2 is 1.92 bits per heavy atom. The third kappa shape index (κ3) is 4.08. The molecule has 0 spiro atoms. The van der Waals surface area contributed by atoms with E-state index in [1.54, 1.807) is 25.2 Å². The van der Waals surface area contributed by atoms with Crippen LogP contribution in [0.15, 0.2) is 58.9 Å². The Bertz CT molecular complexity index is 877. The molecule has 0 aliphatic rings. The SMILES string of the molecule is Cn1nnnc1C(=NOCc1cccc(CN=O)n1)c1ccccc1. The van der Waals surface area contributed by atoms with Crippen LogP contribution in [0.5, 0.6) is 0 Å². The predicted molar refractivity (Wildman–Crippen MR) is 89.4 cm³/mol. The number of rotatable bonds is 7. The van der Waals surface area contributed by atoms with Crippen molar-refractivity contribution in [3.05, 3.63) is 76.2 Å². The number of tetrazole rings is 1. The molecule has 0 radical (unpaired) electrons. The first kappa shape index (κ1) is 16.4. The Balaban J connectivity index is 1.81. The van der Waals surface area contributed by atoms with Gasteiger partial charge in [-0.3, -0.25) is 4.98 Å². The van der Waals surface area contributed by atoms with E-state index in [0.29, 0.717) is 22.9 Å². The monoisotopic (exact) mass is 337 g/mol. The molecule has 0 fully saturated rings. The molecule has 2 heterocycles. The summed E-state index contributed by atoms with van der Waals surface area (Å²) in [6, 6.07) is 14.8.